The Morgan fingerprint density at radius 3 is 2.51 bits per heavy atom. The number of carbonyl (C=O) groups excluding carboxylic acids is 3. The molecule has 9 heteroatoms. The van der Waals surface area contributed by atoms with E-state index in [1.54, 1.807) is 13.8 Å². The van der Waals surface area contributed by atoms with Gasteiger partial charge in [-0.15, -0.1) is 0 Å². The molecule has 39 heavy (non-hydrogen) atoms. The fourth-order valence-electron chi connectivity index (χ4n) is 4.74. The van der Waals surface area contributed by atoms with Gasteiger partial charge in [-0.1, -0.05) is 56.3 Å². The van der Waals surface area contributed by atoms with Crippen molar-refractivity contribution in [3.05, 3.63) is 48.0 Å². The van der Waals surface area contributed by atoms with Gasteiger partial charge in [0.1, 0.15) is 17.7 Å². The molecule has 1 fully saturated rings. The number of hydrogen-bond acceptors (Lipinski definition) is 6. The Labute approximate surface area is 231 Å². The molecular formula is C30H44N4O5. The van der Waals surface area contributed by atoms with Crippen LogP contribution >= 0.6 is 0 Å². The lowest BCUT2D eigenvalue weighted by Gasteiger charge is -2.32. The Bertz CT molecular complexity index is 1140. The van der Waals surface area contributed by atoms with Crippen LogP contribution in [-0.2, 0) is 25.5 Å². The summed E-state index contributed by atoms with van der Waals surface area (Å²) in [7, 11) is 1.43. The first-order valence-corrected chi connectivity index (χ1v) is 13.8. The van der Waals surface area contributed by atoms with Crippen molar-refractivity contribution in [2.24, 2.45) is 5.92 Å². The Balaban J connectivity index is 1.73. The Morgan fingerprint density at radius 1 is 1.10 bits per heavy atom. The van der Waals surface area contributed by atoms with E-state index in [1.165, 1.54) is 12.0 Å². The zero-order valence-electron chi connectivity index (χ0n) is 23.8. The van der Waals surface area contributed by atoms with E-state index in [4.69, 9.17) is 4.74 Å². The van der Waals surface area contributed by atoms with Gasteiger partial charge in [0.15, 0.2) is 0 Å². The SMILES string of the molecule is COC(C)(C)C(=O)N1CC(O)CC1C(=O)NC(Cc1ccc2ccccc2c1)C(=O)NCCCNCC(C)C. The van der Waals surface area contributed by atoms with Crippen molar-refractivity contribution in [1.29, 1.82) is 0 Å². The van der Waals surface area contributed by atoms with Crippen LogP contribution in [0.2, 0.25) is 0 Å². The van der Waals surface area contributed by atoms with Crippen molar-refractivity contribution in [3.8, 4) is 0 Å². The lowest BCUT2D eigenvalue weighted by atomic mass is 10.0. The molecule has 4 N–H and O–H groups in total. The van der Waals surface area contributed by atoms with E-state index in [1.807, 2.05) is 42.5 Å². The van der Waals surface area contributed by atoms with Crippen LogP contribution in [0.4, 0.5) is 0 Å². The summed E-state index contributed by atoms with van der Waals surface area (Å²) in [6.45, 7) is 9.75. The number of ether oxygens (including phenoxy) is 1. The highest BCUT2D eigenvalue weighted by atomic mass is 16.5. The lowest BCUT2D eigenvalue weighted by molar-refractivity contribution is -0.154. The minimum atomic E-state index is -1.14. The molecule has 3 amide bonds. The van der Waals surface area contributed by atoms with Gasteiger partial charge < -0.3 is 30.7 Å². The normalized spacial score (nSPS) is 18.4. The first-order valence-electron chi connectivity index (χ1n) is 13.8. The second-order valence-electron chi connectivity index (χ2n) is 11.3. The highest BCUT2D eigenvalue weighted by molar-refractivity contribution is 5.94. The van der Waals surface area contributed by atoms with E-state index in [-0.39, 0.29) is 24.8 Å². The summed E-state index contributed by atoms with van der Waals surface area (Å²) in [4.78, 5) is 41.2. The largest absolute Gasteiger partial charge is 0.391 e. The number of nitrogens with zero attached hydrogens (tertiary/aromatic N) is 1. The van der Waals surface area contributed by atoms with Gasteiger partial charge in [0.2, 0.25) is 11.8 Å². The maximum atomic E-state index is 13.5. The van der Waals surface area contributed by atoms with Crippen LogP contribution in [0.25, 0.3) is 10.8 Å². The monoisotopic (exact) mass is 540 g/mol. The van der Waals surface area contributed by atoms with E-state index in [0.717, 1.165) is 35.8 Å². The number of carbonyl (C=O) groups is 3. The Hall–Kier alpha value is -3.01. The molecule has 214 valence electrons. The fourth-order valence-corrected chi connectivity index (χ4v) is 4.74. The summed E-state index contributed by atoms with van der Waals surface area (Å²) >= 11 is 0. The first-order chi connectivity index (χ1) is 18.5. The Morgan fingerprint density at radius 2 is 1.82 bits per heavy atom. The number of β-amino-alcohol motifs (C(OH)–C–C–N with tert-alkyl or cyclic N) is 1. The number of fused-ring (bicyclic) bond motifs is 1. The summed E-state index contributed by atoms with van der Waals surface area (Å²) in [5.74, 6) is -0.581. The van der Waals surface area contributed by atoms with Crippen LogP contribution in [0.15, 0.2) is 42.5 Å². The molecule has 0 saturated carbocycles. The van der Waals surface area contributed by atoms with Crippen molar-refractivity contribution >= 4 is 28.5 Å². The average Bonchev–Trinajstić information content (AvgIpc) is 3.30. The molecule has 1 aliphatic heterocycles. The minimum absolute atomic E-state index is 0.0363. The molecule has 1 aliphatic rings. The molecule has 3 rings (SSSR count). The van der Waals surface area contributed by atoms with Crippen LogP contribution in [0, 0.1) is 5.92 Å². The van der Waals surface area contributed by atoms with Crippen LogP contribution in [0.5, 0.6) is 0 Å². The van der Waals surface area contributed by atoms with Crippen LogP contribution in [0.1, 0.15) is 46.1 Å². The number of hydrogen-bond donors (Lipinski definition) is 4. The second kappa shape index (κ2) is 13.9. The third kappa shape index (κ3) is 8.49. The van der Waals surface area contributed by atoms with Gasteiger partial charge in [0.25, 0.3) is 5.91 Å². The van der Waals surface area contributed by atoms with Gasteiger partial charge in [-0.3, -0.25) is 14.4 Å². The van der Waals surface area contributed by atoms with Gasteiger partial charge in [0, 0.05) is 33.0 Å². The molecule has 1 saturated heterocycles. The summed E-state index contributed by atoms with van der Waals surface area (Å²) in [6.07, 6.45) is 0.325. The molecule has 2 aromatic rings. The number of aliphatic hydroxyl groups excluding tert-OH is 1. The van der Waals surface area contributed by atoms with Crippen molar-refractivity contribution in [2.75, 3.05) is 33.3 Å². The number of nitrogens with one attached hydrogen (secondary N) is 3. The highest BCUT2D eigenvalue weighted by Gasteiger charge is 2.44. The molecule has 3 atom stereocenters. The van der Waals surface area contributed by atoms with Gasteiger partial charge >= 0.3 is 0 Å². The molecular weight excluding hydrogens is 496 g/mol. The molecule has 1 heterocycles. The summed E-state index contributed by atoms with van der Waals surface area (Å²) in [5, 5.41) is 21.6. The minimum Gasteiger partial charge on any atom is -0.391 e. The zero-order chi connectivity index (χ0) is 28.6. The quantitative estimate of drug-likeness (QED) is 0.289. The highest BCUT2D eigenvalue weighted by Crippen LogP contribution is 2.24. The number of amides is 3. The predicted molar refractivity (Wildman–Crippen MR) is 152 cm³/mol. The maximum absolute atomic E-state index is 13.5. The smallest absolute Gasteiger partial charge is 0.254 e. The summed E-state index contributed by atoms with van der Waals surface area (Å²) < 4.78 is 5.32. The van der Waals surface area contributed by atoms with Crippen LogP contribution < -0.4 is 16.0 Å². The third-order valence-electron chi connectivity index (χ3n) is 7.14. The molecule has 0 bridgehead atoms. The maximum Gasteiger partial charge on any atom is 0.254 e. The van der Waals surface area contributed by atoms with Crippen molar-refractivity contribution in [3.63, 3.8) is 0 Å². The fraction of sp³-hybridized carbons (Fsp3) is 0.567. The summed E-state index contributed by atoms with van der Waals surface area (Å²) in [5.41, 5.74) is -0.235. The molecule has 0 radical (unpaired) electrons. The Kier molecular flexibility index (Phi) is 10.9. The molecule has 3 unspecified atom stereocenters. The number of likely N-dealkylation sites (tertiary alicyclic amines) is 1. The van der Waals surface area contributed by atoms with E-state index >= 15 is 0 Å². The van der Waals surface area contributed by atoms with E-state index in [2.05, 4.69) is 29.8 Å². The van der Waals surface area contributed by atoms with Gasteiger partial charge in [-0.2, -0.15) is 0 Å². The zero-order valence-corrected chi connectivity index (χ0v) is 23.8. The van der Waals surface area contributed by atoms with Crippen molar-refractivity contribution in [1.82, 2.24) is 20.9 Å². The molecule has 9 nitrogen and oxygen atoms in total. The van der Waals surface area contributed by atoms with E-state index in [9.17, 15) is 19.5 Å². The summed E-state index contributed by atoms with van der Waals surface area (Å²) in [6, 6.07) is 12.2. The average molecular weight is 541 g/mol. The number of aliphatic hydroxyl groups is 1. The molecule has 0 aromatic heterocycles. The van der Waals surface area contributed by atoms with E-state index in [0.29, 0.717) is 18.9 Å². The molecule has 2 aromatic carbocycles. The number of methoxy groups -OCH3 is 1. The van der Waals surface area contributed by atoms with Crippen LogP contribution in [-0.4, -0.2) is 84.8 Å². The number of rotatable bonds is 13. The second-order valence-corrected chi connectivity index (χ2v) is 11.3. The third-order valence-corrected chi connectivity index (χ3v) is 7.14. The molecule has 0 aliphatic carbocycles. The molecule has 0 spiro atoms. The number of benzene rings is 2. The topological polar surface area (TPSA) is 120 Å². The standard InChI is InChI=1S/C30H44N4O5/c1-20(2)18-31-13-8-14-32-27(36)25(16-21-11-12-22-9-6-7-10-23(22)15-21)33-28(37)26-17-24(35)19-34(26)29(38)30(3,4)39-5/h6-7,9-12,15,20,24-26,31,35H,8,13-14,16-19H2,1-5H3,(H,32,36)(H,33,37). The van der Waals surface area contributed by atoms with E-state index < -0.39 is 29.7 Å². The lowest BCUT2D eigenvalue weighted by Crippen LogP contribution is -2.56. The predicted octanol–water partition coefficient (Wildman–Crippen LogP) is 2.01. The first kappa shape index (κ1) is 30.5. The van der Waals surface area contributed by atoms with Crippen LogP contribution in [0.3, 0.4) is 0 Å². The van der Waals surface area contributed by atoms with Gasteiger partial charge in [0.05, 0.1) is 6.10 Å². The van der Waals surface area contributed by atoms with Gasteiger partial charge in [-0.05, 0) is 55.6 Å². The van der Waals surface area contributed by atoms with Crippen molar-refractivity contribution in [2.45, 2.75) is 70.7 Å². The van der Waals surface area contributed by atoms with Crippen molar-refractivity contribution < 1.29 is 24.2 Å². The van der Waals surface area contributed by atoms with Gasteiger partial charge in [-0.25, -0.2) is 0 Å².